The third-order valence-corrected chi connectivity index (χ3v) is 5.39. The minimum absolute atomic E-state index is 0.0131. The summed E-state index contributed by atoms with van der Waals surface area (Å²) in [5.74, 6) is 0.466. The molecule has 2 atom stereocenters. The first-order valence-corrected chi connectivity index (χ1v) is 8.11. The molecule has 4 rings (SSSR count). The zero-order valence-electron chi connectivity index (χ0n) is 13.4. The molecule has 0 N–H and O–H groups in total. The van der Waals surface area contributed by atoms with Crippen molar-refractivity contribution < 1.29 is 4.74 Å². The summed E-state index contributed by atoms with van der Waals surface area (Å²) in [4.78, 5) is 25.0. The van der Waals surface area contributed by atoms with Gasteiger partial charge in [-0.05, 0) is 24.8 Å². The SMILES string of the molecule is Cn1c2c(c(=O)n(C)c1=O)[C@@H]1CCCC[C@]1(c1ccccc1)O2. The first kappa shape index (κ1) is 14.3. The lowest BCUT2D eigenvalue weighted by Gasteiger charge is -2.38. The Kier molecular flexibility index (Phi) is 3.01. The molecule has 1 aromatic heterocycles. The standard InChI is InChI=1S/C18H20N2O3/c1-19-15(21)14-13-10-6-7-11-18(13,12-8-4-3-5-9-12)23-16(14)20(2)17(19)22/h3-5,8-9,13H,6-7,10-11H2,1-2H3/t13-,18+/m0/s1. The molecule has 5 nitrogen and oxygen atoms in total. The van der Waals surface area contributed by atoms with Gasteiger partial charge in [-0.1, -0.05) is 36.8 Å². The van der Waals surface area contributed by atoms with Crippen molar-refractivity contribution in [1.29, 1.82) is 0 Å². The highest BCUT2D eigenvalue weighted by Crippen LogP contribution is 2.55. The summed E-state index contributed by atoms with van der Waals surface area (Å²) in [6, 6.07) is 10.1. The summed E-state index contributed by atoms with van der Waals surface area (Å²) >= 11 is 0. The predicted molar refractivity (Wildman–Crippen MR) is 86.9 cm³/mol. The Bertz CT molecular complexity index is 882. The first-order chi connectivity index (χ1) is 11.1. The third-order valence-electron chi connectivity index (χ3n) is 5.39. The number of ether oxygens (including phenoxy) is 1. The van der Waals surface area contributed by atoms with Crippen molar-refractivity contribution in [2.24, 2.45) is 14.1 Å². The van der Waals surface area contributed by atoms with Crippen molar-refractivity contribution in [3.8, 4) is 5.88 Å². The van der Waals surface area contributed by atoms with Gasteiger partial charge in [-0.3, -0.25) is 13.9 Å². The maximum atomic E-state index is 12.7. The van der Waals surface area contributed by atoms with E-state index >= 15 is 0 Å². The highest BCUT2D eigenvalue weighted by molar-refractivity contribution is 5.42. The van der Waals surface area contributed by atoms with E-state index in [9.17, 15) is 9.59 Å². The van der Waals surface area contributed by atoms with E-state index < -0.39 is 5.60 Å². The Morgan fingerprint density at radius 3 is 2.57 bits per heavy atom. The molecule has 0 bridgehead atoms. The number of nitrogens with zero attached hydrogens (tertiary/aromatic N) is 2. The fraction of sp³-hybridized carbons (Fsp3) is 0.444. The van der Waals surface area contributed by atoms with Gasteiger partial charge < -0.3 is 4.74 Å². The summed E-state index contributed by atoms with van der Waals surface area (Å²) < 4.78 is 9.05. The molecule has 1 aliphatic carbocycles. The van der Waals surface area contributed by atoms with E-state index in [2.05, 4.69) is 12.1 Å². The van der Waals surface area contributed by atoms with E-state index in [-0.39, 0.29) is 17.2 Å². The lowest BCUT2D eigenvalue weighted by atomic mass is 9.70. The minimum Gasteiger partial charge on any atom is -0.466 e. The minimum atomic E-state index is -0.514. The largest absolute Gasteiger partial charge is 0.466 e. The molecule has 2 aliphatic rings. The van der Waals surface area contributed by atoms with Crippen LogP contribution in [0.25, 0.3) is 0 Å². The van der Waals surface area contributed by atoms with Crippen LogP contribution < -0.4 is 16.0 Å². The molecule has 0 radical (unpaired) electrons. The summed E-state index contributed by atoms with van der Waals surface area (Å²) in [6.07, 6.45) is 3.92. The van der Waals surface area contributed by atoms with E-state index in [0.29, 0.717) is 11.4 Å². The van der Waals surface area contributed by atoms with Gasteiger partial charge in [0, 0.05) is 20.0 Å². The molecule has 0 amide bonds. The van der Waals surface area contributed by atoms with Crippen molar-refractivity contribution in [3.63, 3.8) is 0 Å². The van der Waals surface area contributed by atoms with E-state index in [1.165, 1.54) is 16.2 Å². The van der Waals surface area contributed by atoms with Gasteiger partial charge in [0.2, 0.25) is 5.88 Å². The maximum Gasteiger partial charge on any atom is 0.333 e. The van der Waals surface area contributed by atoms with Gasteiger partial charge in [0.15, 0.2) is 0 Å². The molecule has 0 unspecified atom stereocenters. The van der Waals surface area contributed by atoms with Crippen molar-refractivity contribution >= 4 is 0 Å². The van der Waals surface area contributed by atoms with E-state index in [4.69, 9.17) is 4.74 Å². The molecule has 1 fully saturated rings. The maximum absolute atomic E-state index is 12.7. The molecular weight excluding hydrogens is 292 g/mol. The molecule has 0 spiro atoms. The van der Waals surface area contributed by atoms with Crippen LogP contribution in [0.3, 0.4) is 0 Å². The lowest BCUT2D eigenvalue weighted by molar-refractivity contribution is 0.0261. The van der Waals surface area contributed by atoms with Crippen LogP contribution in [0.15, 0.2) is 39.9 Å². The quantitative estimate of drug-likeness (QED) is 0.809. The Morgan fingerprint density at radius 1 is 1.09 bits per heavy atom. The predicted octanol–water partition coefficient (Wildman–Crippen LogP) is 2.03. The van der Waals surface area contributed by atoms with Crippen molar-refractivity contribution in [3.05, 3.63) is 62.3 Å². The van der Waals surface area contributed by atoms with Crippen LogP contribution in [0.1, 0.15) is 42.7 Å². The van der Waals surface area contributed by atoms with Crippen LogP contribution in [0.5, 0.6) is 5.88 Å². The number of hydrogen-bond acceptors (Lipinski definition) is 3. The van der Waals surface area contributed by atoms with Gasteiger partial charge in [0.1, 0.15) is 5.60 Å². The van der Waals surface area contributed by atoms with Crippen LogP contribution in [-0.2, 0) is 19.7 Å². The van der Waals surface area contributed by atoms with E-state index in [1.54, 1.807) is 7.05 Å². The van der Waals surface area contributed by atoms with Crippen LogP contribution in [0.2, 0.25) is 0 Å². The van der Waals surface area contributed by atoms with E-state index in [0.717, 1.165) is 31.2 Å². The second kappa shape index (κ2) is 4.85. The van der Waals surface area contributed by atoms with Crippen molar-refractivity contribution in [2.45, 2.75) is 37.2 Å². The summed E-state index contributed by atoms with van der Waals surface area (Å²) in [6.45, 7) is 0. The van der Waals surface area contributed by atoms with Crippen LogP contribution in [0.4, 0.5) is 0 Å². The number of hydrogen-bond donors (Lipinski definition) is 0. The number of aromatic nitrogens is 2. The average Bonchev–Trinajstić information content (AvgIpc) is 2.95. The Hall–Kier alpha value is -2.30. The Balaban J connectivity index is 2.00. The molecule has 120 valence electrons. The molecule has 1 aromatic carbocycles. The highest BCUT2D eigenvalue weighted by Gasteiger charge is 2.53. The molecule has 1 saturated carbocycles. The third kappa shape index (κ3) is 1.79. The van der Waals surface area contributed by atoms with E-state index in [1.807, 2.05) is 18.2 Å². The average molecular weight is 312 g/mol. The lowest BCUT2D eigenvalue weighted by Crippen LogP contribution is -2.40. The van der Waals surface area contributed by atoms with Crippen molar-refractivity contribution in [1.82, 2.24) is 9.13 Å². The van der Waals surface area contributed by atoms with Gasteiger partial charge >= 0.3 is 5.69 Å². The molecule has 0 saturated heterocycles. The molecule has 23 heavy (non-hydrogen) atoms. The second-order valence-electron chi connectivity index (χ2n) is 6.58. The number of rotatable bonds is 1. The van der Waals surface area contributed by atoms with Gasteiger partial charge in [-0.2, -0.15) is 0 Å². The zero-order chi connectivity index (χ0) is 16.2. The topological polar surface area (TPSA) is 53.2 Å². The smallest absolute Gasteiger partial charge is 0.333 e. The number of benzene rings is 1. The van der Waals surface area contributed by atoms with Gasteiger partial charge in [-0.25, -0.2) is 4.79 Å². The second-order valence-corrected chi connectivity index (χ2v) is 6.58. The van der Waals surface area contributed by atoms with Crippen LogP contribution in [-0.4, -0.2) is 9.13 Å². The fourth-order valence-corrected chi connectivity index (χ4v) is 4.21. The van der Waals surface area contributed by atoms with Crippen molar-refractivity contribution in [2.75, 3.05) is 0 Å². The summed E-state index contributed by atoms with van der Waals surface area (Å²) in [5.41, 5.74) is 0.691. The van der Waals surface area contributed by atoms with Gasteiger partial charge in [-0.15, -0.1) is 0 Å². The first-order valence-electron chi connectivity index (χ1n) is 8.11. The Morgan fingerprint density at radius 2 is 1.83 bits per heavy atom. The Labute approximate surface area is 134 Å². The normalized spacial score (nSPS) is 25.6. The summed E-state index contributed by atoms with van der Waals surface area (Å²) in [7, 11) is 3.22. The monoisotopic (exact) mass is 312 g/mol. The number of fused-ring (bicyclic) bond motifs is 3. The summed E-state index contributed by atoms with van der Waals surface area (Å²) in [5, 5.41) is 0. The molecular formula is C18H20N2O3. The zero-order valence-corrected chi connectivity index (χ0v) is 13.4. The highest BCUT2D eigenvalue weighted by atomic mass is 16.5. The van der Waals surface area contributed by atoms with Gasteiger partial charge in [0.25, 0.3) is 5.56 Å². The van der Waals surface area contributed by atoms with Crippen LogP contribution >= 0.6 is 0 Å². The molecule has 5 heteroatoms. The van der Waals surface area contributed by atoms with Crippen LogP contribution in [0, 0.1) is 0 Å². The molecule has 2 aromatic rings. The molecule has 1 aliphatic heterocycles. The fourth-order valence-electron chi connectivity index (χ4n) is 4.21. The molecule has 2 heterocycles. The van der Waals surface area contributed by atoms with Gasteiger partial charge in [0.05, 0.1) is 5.56 Å².